The summed E-state index contributed by atoms with van der Waals surface area (Å²) >= 11 is 5.13. The van der Waals surface area contributed by atoms with Gasteiger partial charge in [0.2, 0.25) is 0 Å². The molecule has 0 radical (unpaired) electrons. The van der Waals surface area contributed by atoms with Crippen LogP contribution >= 0.6 is 12.2 Å². The molecule has 1 aliphatic heterocycles. The number of likely N-dealkylation sites (N-methyl/N-ethyl adjacent to an activating group) is 1. The number of aromatic nitrogens is 1. The molecule has 28 heavy (non-hydrogen) atoms. The van der Waals surface area contributed by atoms with Gasteiger partial charge in [0, 0.05) is 29.7 Å². The van der Waals surface area contributed by atoms with Crippen molar-refractivity contribution in [2.24, 2.45) is 0 Å². The molecule has 0 aliphatic carbocycles. The fourth-order valence-electron chi connectivity index (χ4n) is 3.17. The highest BCUT2D eigenvalue weighted by molar-refractivity contribution is 7.80. The normalized spacial score (nSPS) is 15.5. The molecule has 3 aromatic rings. The average molecular weight is 395 g/mol. The number of halogens is 1. The predicted octanol–water partition coefficient (Wildman–Crippen LogP) is 3.55. The van der Waals surface area contributed by atoms with Gasteiger partial charge in [0.15, 0.2) is 16.7 Å². The summed E-state index contributed by atoms with van der Waals surface area (Å²) in [7, 11) is 1.64. The van der Waals surface area contributed by atoms with E-state index in [9.17, 15) is 9.18 Å². The summed E-state index contributed by atoms with van der Waals surface area (Å²) in [5.74, 6) is -0.306. The second-order valence-corrected chi connectivity index (χ2v) is 6.81. The fourth-order valence-corrected chi connectivity index (χ4v) is 3.36. The third-order valence-electron chi connectivity index (χ3n) is 4.63. The van der Waals surface area contributed by atoms with E-state index in [2.05, 4.69) is 5.32 Å². The Labute approximate surface area is 167 Å². The molecule has 0 bridgehead atoms. The minimum absolute atomic E-state index is 0.162. The monoisotopic (exact) mass is 395 g/mol. The van der Waals surface area contributed by atoms with Crippen LogP contribution in [0.5, 0.6) is 5.75 Å². The SMILES string of the molecule is CN1C(=O)/C(=C/c2cn(CCOc3ccccc3F)c3ccccc23)NC1=S. The zero-order valence-electron chi connectivity index (χ0n) is 15.2. The number of nitrogens with one attached hydrogen (secondary N) is 1. The van der Waals surface area contributed by atoms with Crippen LogP contribution < -0.4 is 10.1 Å². The van der Waals surface area contributed by atoms with E-state index in [0.717, 1.165) is 16.5 Å². The minimum Gasteiger partial charge on any atom is -0.489 e. The number of thiocarbonyl (C=S) groups is 1. The second-order valence-electron chi connectivity index (χ2n) is 6.43. The van der Waals surface area contributed by atoms with Gasteiger partial charge in [-0.25, -0.2) is 4.39 Å². The van der Waals surface area contributed by atoms with Gasteiger partial charge in [0.25, 0.3) is 5.91 Å². The lowest BCUT2D eigenvalue weighted by molar-refractivity contribution is -0.121. The summed E-state index contributed by atoms with van der Waals surface area (Å²) < 4.78 is 21.3. The largest absolute Gasteiger partial charge is 0.489 e. The van der Waals surface area contributed by atoms with E-state index >= 15 is 0 Å². The summed E-state index contributed by atoms with van der Waals surface area (Å²) in [6, 6.07) is 14.2. The van der Waals surface area contributed by atoms with E-state index in [4.69, 9.17) is 17.0 Å². The Balaban J connectivity index is 1.59. The zero-order chi connectivity index (χ0) is 19.7. The lowest BCUT2D eigenvalue weighted by Crippen LogP contribution is -2.25. The highest BCUT2D eigenvalue weighted by atomic mass is 32.1. The molecule has 5 nitrogen and oxygen atoms in total. The first kappa shape index (κ1) is 18.2. The van der Waals surface area contributed by atoms with Crippen LogP contribution in [0.1, 0.15) is 5.56 Å². The molecule has 1 aliphatic rings. The second kappa shape index (κ2) is 7.44. The van der Waals surface area contributed by atoms with Crippen LogP contribution in [0, 0.1) is 5.82 Å². The van der Waals surface area contributed by atoms with Gasteiger partial charge in [-0.3, -0.25) is 9.69 Å². The molecule has 2 aromatic carbocycles. The molecular formula is C21H18FN3O2S. The molecule has 0 saturated carbocycles. The van der Waals surface area contributed by atoms with Crippen molar-refractivity contribution in [2.45, 2.75) is 6.54 Å². The number of rotatable bonds is 5. The maximum absolute atomic E-state index is 13.7. The van der Waals surface area contributed by atoms with Crippen LogP contribution in [0.15, 0.2) is 60.4 Å². The Hall–Kier alpha value is -3.19. The van der Waals surface area contributed by atoms with Crippen molar-refractivity contribution < 1.29 is 13.9 Å². The van der Waals surface area contributed by atoms with Crippen LogP contribution in [-0.2, 0) is 11.3 Å². The number of fused-ring (bicyclic) bond motifs is 1. The molecule has 1 fully saturated rings. The highest BCUT2D eigenvalue weighted by Gasteiger charge is 2.27. The summed E-state index contributed by atoms with van der Waals surface area (Å²) in [5.41, 5.74) is 2.35. The Morgan fingerprint density at radius 2 is 1.93 bits per heavy atom. The molecule has 1 saturated heterocycles. The molecule has 1 N–H and O–H groups in total. The maximum atomic E-state index is 13.7. The van der Waals surface area contributed by atoms with Crippen molar-refractivity contribution in [3.8, 4) is 5.75 Å². The van der Waals surface area contributed by atoms with Crippen molar-refractivity contribution in [1.82, 2.24) is 14.8 Å². The number of amides is 1. The van der Waals surface area contributed by atoms with Gasteiger partial charge in [0.05, 0.1) is 6.54 Å². The number of para-hydroxylation sites is 2. The zero-order valence-corrected chi connectivity index (χ0v) is 16.0. The van der Waals surface area contributed by atoms with E-state index in [1.165, 1.54) is 11.0 Å². The fraction of sp³-hybridized carbons (Fsp3) is 0.143. The summed E-state index contributed by atoms with van der Waals surface area (Å²) in [4.78, 5) is 13.7. The van der Waals surface area contributed by atoms with Crippen LogP contribution in [0.25, 0.3) is 17.0 Å². The molecule has 0 unspecified atom stereocenters. The average Bonchev–Trinajstić information content (AvgIpc) is 3.16. The molecular weight excluding hydrogens is 377 g/mol. The molecule has 142 valence electrons. The van der Waals surface area contributed by atoms with E-state index in [1.807, 2.05) is 35.0 Å². The standard InChI is InChI=1S/C21H18FN3O2S/c1-24-20(26)17(23-21(24)28)12-14-13-25(18-8-4-2-6-15(14)18)10-11-27-19-9-5-3-7-16(19)22/h2-9,12-13H,10-11H2,1H3,(H,23,28)/b17-12-. The lowest BCUT2D eigenvalue weighted by Gasteiger charge is -2.08. The van der Waals surface area contributed by atoms with Gasteiger partial charge in [-0.05, 0) is 36.5 Å². The smallest absolute Gasteiger partial charge is 0.276 e. The first-order valence-corrected chi connectivity index (χ1v) is 9.21. The topological polar surface area (TPSA) is 46.5 Å². The maximum Gasteiger partial charge on any atom is 0.276 e. The Bertz CT molecular complexity index is 1110. The number of carbonyl (C=O) groups excluding carboxylic acids is 1. The number of hydrogen-bond acceptors (Lipinski definition) is 3. The van der Waals surface area contributed by atoms with E-state index in [0.29, 0.717) is 24.0 Å². The molecule has 4 rings (SSSR count). The Morgan fingerprint density at radius 3 is 2.68 bits per heavy atom. The van der Waals surface area contributed by atoms with Crippen molar-refractivity contribution in [2.75, 3.05) is 13.7 Å². The quantitative estimate of drug-likeness (QED) is 0.530. The first-order chi connectivity index (χ1) is 13.5. The summed E-state index contributed by atoms with van der Waals surface area (Å²) in [5, 5.41) is 4.34. The minimum atomic E-state index is -0.379. The van der Waals surface area contributed by atoms with Gasteiger partial charge in [-0.1, -0.05) is 30.3 Å². The van der Waals surface area contributed by atoms with Crippen LogP contribution in [0.4, 0.5) is 4.39 Å². The number of hydrogen-bond donors (Lipinski definition) is 1. The van der Waals surface area contributed by atoms with Crippen LogP contribution in [0.2, 0.25) is 0 Å². The van der Waals surface area contributed by atoms with Crippen LogP contribution in [0.3, 0.4) is 0 Å². The number of benzene rings is 2. The highest BCUT2D eigenvalue weighted by Crippen LogP contribution is 2.25. The van der Waals surface area contributed by atoms with Crippen molar-refractivity contribution in [3.05, 3.63) is 71.8 Å². The molecule has 7 heteroatoms. The number of nitrogens with zero attached hydrogens (tertiary/aromatic N) is 2. The van der Waals surface area contributed by atoms with Gasteiger partial charge in [-0.15, -0.1) is 0 Å². The molecule has 1 amide bonds. The molecule has 0 atom stereocenters. The van der Waals surface area contributed by atoms with E-state index in [-0.39, 0.29) is 17.5 Å². The number of ether oxygens (including phenoxy) is 1. The molecule has 1 aromatic heterocycles. The molecule has 2 heterocycles. The van der Waals surface area contributed by atoms with Gasteiger partial charge in [0.1, 0.15) is 12.3 Å². The van der Waals surface area contributed by atoms with Crippen molar-refractivity contribution in [3.63, 3.8) is 0 Å². The Morgan fingerprint density at radius 1 is 1.18 bits per heavy atom. The summed E-state index contributed by atoms with van der Waals surface area (Å²) in [6.45, 7) is 0.858. The van der Waals surface area contributed by atoms with Crippen molar-refractivity contribution in [1.29, 1.82) is 0 Å². The third-order valence-corrected chi connectivity index (χ3v) is 5.00. The third kappa shape index (κ3) is 3.36. The molecule has 0 spiro atoms. The lowest BCUT2D eigenvalue weighted by atomic mass is 10.1. The predicted molar refractivity (Wildman–Crippen MR) is 110 cm³/mol. The first-order valence-electron chi connectivity index (χ1n) is 8.80. The van der Waals surface area contributed by atoms with E-state index < -0.39 is 0 Å². The van der Waals surface area contributed by atoms with Crippen LogP contribution in [-0.4, -0.2) is 34.1 Å². The van der Waals surface area contributed by atoms with Gasteiger partial charge >= 0.3 is 0 Å². The summed E-state index contributed by atoms with van der Waals surface area (Å²) in [6.07, 6.45) is 3.76. The van der Waals surface area contributed by atoms with Gasteiger partial charge in [-0.2, -0.15) is 0 Å². The van der Waals surface area contributed by atoms with Crippen molar-refractivity contribution >= 4 is 40.2 Å². The van der Waals surface area contributed by atoms with E-state index in [1.54, 1.807) is 31.3 Å². The van der Waals surface area contributed by atoms with Gasteiger partial charge < -0.3 is 14.6 Å². The number of carbonyl (C=O) groups is 1. The Kier molecular flexibility index (Phi) is 4.83.